The van der Waals surface area contributed by atoms with E-state index in [0.717, 1.165) is 40.9 Å². The Bertz CT molecular complexity index is 1360. The first-order valence-corrected chi connectivity index (χ1v) is 14.6. The molecule has 3 heterocycles. The van der Waals surface area contributed by atoms with E-state index in [1.807, 2.05) is 33.8 Å². The first-order valence-electron chi connectivity index (χ1n) is 10.7. The Balaban J connectivity index is 1.66. The summed E-state index contributed by atoms with van der Waals surface area (Å²) in [6.45, 7) is 7.66. The molecule has 3 N–H and O–H groups in total. The number of hydrogen-bond acceptors (Lipinski definition) is 9. The molecule has 0 bridgehead atoms. The van der Waals surface area contributed by atoms with Gasteiger partial charge in [-0.05, 0) is 44.2 Å². The Labute approximate surface area is 203 Å². The highest BCUT2D eigenvalue weighted by Crippen LogP contribution is 2.42. The van der Waals surface area contributed by atoms with E-state index >= 15 is 0 Å². The number of rotatable bonds is 8. The average Bonchev–Trinajstić information content (AvgIpc) is 3.36. The number of furan rings is 1. The van der Waals surface area contributed by atoms with Crippen LogP contribution < -0.4 is 10.0 Å². The summed E-state index contributed by atoms with van der Waals surface area (Å²) in [5.41, 5.74) is 1.14. The van der Waals surface area contributed by atoms with Crippen molar-refractivity contribution in [3.8, 4) is 5.75 Å². The van der Waals surface area contributed by atoms with Crippen molar-refractivity contribution >= 4 is 42.9 Å². The number of anilines is 1. The highest BCUT2D eigenvalue weighted by atomic mass is 32.2. The second-order valence-electron chi connectivity index (χ2n) is 8.90. The highest BCUT2D eigenvalue weighted by molar-refractivity contribution is 7.93. The predicted octanol–water partition coefficient (Wildman–Crippen LogP) is 3.43. The number of aliphatic imine (C=N–C) groups is 1. The number of sulfonamides is 2. The zero-order valence-electron chi connectivity index (χ0n) is 19.5. The van der Waals surface area contributed by atoms with Crippen LogP contribution in [0, 0.1) is 19.8 Å². The third-order valence-electron chi connectivity index (χ3n) is 5.82. The fourth-order valence-corrected chi connectivity index (χ4v) is 7.35. The maximum atomic E-state index is 12.9. The number of nitrogens with one attached hydrogen (secondary N) is 2. The van der Waals surface area contributed by atoms with Crippen molar-refractivity contribution in [3.63, 3.8) is 0 Å². The largest absolute Gasteiger partial charge is 0.504 e. The molecule has 1 fully saturated rings. The zero-order valence-corrected chi connectivity index (χ0v) is 21.9. The van der Waals surface area contributed by atoms with Gasteiger partial charge in [-0.3, -0.25) is 9.71 Å². The van der Waals surface area contributed by atoms with Crippen molar-refractivity contribution in [2.24, 2.45) is 10.9 Å². The van der Waals surface area contributed by atoms with Crippen LogP contribution in [0.15, 0.2) is 36.2 Å². The minimum atomic E-state index is -3.86. The first kappa shape index (κ1) is 24.8. The molecule has 1 atom stereocenters. The van der Waals surface area contributed by atoms with E-state index in [1.54, 1.807) is 0 Å². The maximum absolute atomic E-state index is 12.9. The van der Waals surface area contributed by atoms with E-state index in [-0.39, 0.29) is 33.4 Å². The number of amidine groups is 1. The Morgan fingerprint density at radius 1 is 1.32 bits per heavy atom. The maximum Gasteiger partial charge on any atom is 0.258 e. The minimum absolute atomic E-state index is 0.00642. The van der Waals surface area contributed by atoms with Gasteiger partial charge in [-0.1, -0.05) is 13.8 Å². The normalized spacial score (nSPS) is 20.1. The molecule has 1 aliphatic heterocycles. The Morgan fingerprint density at radius 3 is 2.56 bits per heavy atom. The third kappa shape index (κ3) is 4.74. The fraction of sp³-hybridized carbons (Fsp3) is 0.476. The molecule has 2 aromatic rings. The summed E-state index contributed by atoms with van der Waals surface area (Å²) in [4.78, 5) is 4.62. The van der Waals surface area contributed by atoms with Crippen LogP contribution in [0.2, 0.25) is 0 Å². The summed E-state index contributed by atoms with van der Waals surface area (Å²) < 4.78 is 59.6. The standard InChI is InChI=1S/C21H28N4O6S3/c1-11(2)18(17-8-12(3)13(4)31-17)23-20-16(10-33(27,28)24-20)22-15-9-32-21(19(15)26)34(29,30)25(5)14-6-7-14/h8-11,14,18,22,26H,6-7H2,1-5H3,(H,23,24)/t18-/m1/s1. The fourth-order valence-electron chi connectivity index (χ4n) is 3.56. The first-order chi connectivity index (χ1) is 15.8. The van der Waals surface area contributed by atoms with Gasteiger partial charge in [0.1, 0.15) is 17.6 Å². The van der Waals surface area contributed by atoms with Gasteiger partial charge in [0.25, 0.3) is 20.0 Å². The average molecular weight is 529 g/mol. The number of thiophene rings is 1. The van der Waals surface area contributed by atoms with Crippen LogP contribution in [-0.4, -0.2) is 45.2 Å². The van der Waals surface area contributed by atoms with E-state index < -0.39 is 31.8 Å². The molecule has 0 radical (unpaired) electrons. The SMILES string of the molecule is Cc1cc([C@H](N=C2NS(=O)(=O)C=C2Nc2csc(S(=O)(=O)N(C)C3CC3)c2O)C(C)C)oc1C. The van der Waals surface area contributed by atoms with Crippen molar-refractivity contribution in [1.82, 2.24) is 9.03 Å². The van der Waals surface area contributed by atoms with E-state index in [0.29, 0.717) is 5.76 Å². The quantitative estimate of drug-likeness (QED) is 0.477. The minimum Gasteiger partial charge on any atom is -0.504 e. The van der Waals surface area contributed by atoms with E-state index in [1.165, 1.54) is 16.7 Å². The molecule has 4 rings (SSSR count). The summed E-state index contributed by atoms with van der Waals surface area (Å²) in [6, 6.07) is 1.35. The van der Waals surface area contributed by atoms with Gasteiger partial charge >= 0.3 is 0 Å². The van der Waals surface area contributed by atoms with Gasteiger partial charge in [-0.15, -0.1) is 11.3 Å². The molecule has 10 nitrogen and oxygen atoms in total. The lowest BCUT2D eigenvalue weighted by atomic mass is 10.0. The van der Waals surface area contributed by atoms with Crippen LogP contribution in [0.5, 0.6) is 5.75 Å². The lowest BCUT2D eigenvalue weighted by Crippen LogP contribution is -2.28. The summed E-state index contributed by atoms with van der Waals surface area (Å²) in [5, 5.41) is 15.9. The van der Waals surface area contributed by atoms with Crippen molar-refractivity contribution in [2.45, 2.75) is 56.8 Å². The molecule has 186 valence electrons. The second-order valence-corrected chi connectivity index (χ2v) is 13.5. The summed E-state index contributed by atoms with van der Waals surface area (Å²) in [5.74, 6) is 0.955. The van der Waals surface area contributed by atoms with E-state index in [9.17, 15) is 21.9 Å². The molecule has 0 spiro atoms. The smallest absolute Gasteiger partial charge is 0.258 e. The lowest BCUT2D eigenvalue weighted by Gasteiger charge is -2.17. The topological polar surface area (TPSA) is 141 Å². The molecule has 0 aromatic carbocycles. The molecular weight excluding hydrogens is 500 g/mol. The number of aryl methyl sites for hydroxylation is 2. The molecule has 34 heavy (non-hydrogen) atoms. The van der Waals surface area contributed by atoms with Crippen LogP contribution in [0.1, 0.15) is 49.8 Å². The van der Waals surface area contributed by atoms with Crippen molar-refractivity contribution in [2.75, 3.05) is 12.4 Å². The Hall–Kier alpha value is -2.35. The number of nitrogens with zero attached hydrogens (tertiary/aromatic N) is 2. The molecule has 2 aliphatic rings. The molecule has 0 saturated heterocycles. The lowest BCUT2D eigenvalue weighted by molar-refractivity contribution is 0.392. The molecule has 0 unspecified atom stereocenters. The van der Waals surface area contributed by atoms with Crippen molar-refractivity contribution in [1.29, 1.82) is 0 Å². The molecule has 1 aliphatic carbocycles. The van der Waals surface area contributed by atoms with Gasteiger partial charge in [-0.25, -0.2) is 16.8 Å². The molecular formula is C21H28N4O6S3. The number of aromatic hydroxyl groups is 1. The molecule has 13 heteroatoms. The second kappa shape index (κ2) is 8.70. The molecule has 2 aromatic heterocycles. The van der Waals surface area contributed by atoms with Gasteiger partial charge in [-0.2, -0.15) is 4.31 Å². The monoisotopic (exact) mass is 528 g/mol. The van der Waals surface area contributed by atoms with Crippen molar-refractivity contribution < 1.29 is 26.4 Å². The van der Waals surface area contributed by atoms with Crippen LogP contribution in [0.3, 0.4) is 0 Å². The van der Waals surface area contributed by atoms with Gasteiger partial charge in [0, 0.05) is 18.5 Å². The third-order valence-corrected chi connectivity index (χ3v) is 10.2. The highest BCUT2D eigenvalue weighted by Gasteiger charge is 2.38. The Kier molecular flexibility index (Phi) is 6.34. The Morgan fingerprint density at radius 2 is 2.00 bits per heavy atom. The molecule has 1 saturated carbocycles. The van der Waals surface area contributed by atoms with Gasteiger partial charge < -0.3 is 14.8 Å². The summed E-state index contributed by atoms with van der Waals surface area (Å²) in [6.07, 6.45) is 1.57. The van der Waals surface area contributed by atoms with Gasteiger partial charge in [0.2, 0.25) is 0 Å². The van der Waals surface area contributed by atoms with Crippen LogP contribution in [0.4, 0.5) is 5.69 Å². The number of hydrogen-bond donors (Lipinski definition) is 3. The van der Waals surface area contributed by atoms with Crippen LogP contribution >= 0.6 is 11.3 Å². The van der Waals surface area contributed by atoms with Gasteiger partial charge in [0.05, 0.1) is 16.8 Å². The van der Waals surface area contributed by atoms with Gasteiger partial charge in [0.15, 0.2) is 15.8 Å². The predicted molar refractivity (Wildman–Crippen MR) is 131 cm³/mol. The summed E-state index contributed by atoms with van der Waals surface area (Å²) in [7, 11) is -6.18. The van der Waals surface area contributed by atoms with Crippen molar-refractivity contribution in [3.05, 3.63) is 39.6 Å². The van der Waals surface area contributed by atoms with Crippen LogP contribution in [0.25, 0.3) is 0 Å². The zero-order chi connectivity index (χ0) is 25.0. The summed E-state index contributed by atoms with van der Waals surface area (Å²) >= 11 is 0.867. The van der Waals surface area contributed by atoms with E-state index in [2.05, 4.69) is 15.0 Å². The molecule has 0 amide bonds. The van der Waals surface area contributed by atoms with Crippen LogP contribution in [-0.2, 0) is 20.0 Å². The van der Waals surface area contributed by atoms with E-state index in [4.69, 9.17) is 4.42 Å².